The lowest BCUT2D eigenvalue weighted by Gasteiger charge is -2.10. The molecule has 0 radical (unpaired) electrons. The molecule has 1 heterocycles. The molecule has 0 spiro atoms. The number of carbonyl (C=O) groups excluding carboxylic acids is 1. The second-order valence-electron chi connectivity index (χ2n) is 3.80. The van der Waals surface area contributed by atoms with Crippen LogP contribution >= 0.6 is 12.2 Å². The number of nitrogens with one attached hydrogen (secondary N) is 3. The molecule has 9 heteroatoms. The van der Waals surface area contributed by atoms with Gasteiger partial charge in [0.15, 0.2) is 10.9 Å². The van der Waals surface area contributed by atoms with Gasteiger partial charge in [0.1, 0.15) is 0 Å². The van der Waals surface area contributed by atoms with Crippen LogP contribution in [0.1, 0.15) is 10.6 Å². The van der Waals surface area contributed by atoms with Crippen LogP contribution in [-0.2, 0) is 10.0 Å². The summed E-state index contributed by atoms with van der Waals surface area (Å²) in [6.45, 7) is 0. The van der Waals surface area contributed by atoms with E-state index in [1.54, 1.807) is 24.3 Å². The quantitative estimate of drug-likeness (QED) is 0.567. The minimum Gasteiger partial charge on any atom is -0.459 e. The molecule has 2 rings (SSSR count). The first-order chi connectivity index (χ1) is 9.99. The fraction of sp³-hybridized carbons (Fsp3) is 0. The zero-order valence-electron chi connectivity index (χ0n) is 10.6. The number of amides is 1. The second kappa shape index (κ2) is 6.48. The van der Waals surface area contributed by atoms with E-state index in [1.165, 1.54) is 24.5 Å². The van der Waals surface area contributed by atoms with Crippen LogP contribution in [0.15, 0.2) is 58.0 Å². The maximum atomic E-state index is 11.9. The molecule has 0 saturated heterocycles. The first kappa shape index (κ1) is 15.2. The molecule has 110 valence electrons. The van der Waals surface area contributed by atoms with E-state index in [0.717, 1.165) is 0 Å². The van der Waals surface area contributed by atoms with Crippen LogP contribution in [0, 0.1) is 0 Å². The van der Waals surface area contributed by atoms with Gasteiger partial charge in [-0.25, -0.2) is 8.42 Å². The monoisotopic (exact) mass is 325 g/mol. The van der Waals surface area contributed by atoms with Crippen LogP contribution < -0.4 is 15.6 Å². The molecule has 2 aromatic rings. The fourth-order valence-corrected chi connectivity index (χ4v) is 2.45. The van der Waals surface area contributed by atoms with Crippen molar-refractivity contribution in [1.82, 2.24) is 15.6 Å². The lowest BCUT2D eigenvalue weighted by molar-refractivity contribution is 0.0949. The molecule has 0 bridgehead atoms. The first-order valence-corrected chi connectivity index (χ1v) is 7.60. The van der Waals surface area contributed by atoms with Crippen molar-refractivity contribution in [3.63, 3.8) is 0 Å². The summed E-state index contributed by atoms with van der Waals surface area (Å²) in [5.74, 6) is -0.526. The Labute approximate surface area is 126 Å². The molecule has 1 amide bonds. The number of furan rings is 1. The number of benzene rings is 1. The third-order valence-corrected chi connectivity index (χ3v) is 3.79. The highest BCUT2D eigenvalue weighted by Gasteiger charge is 2.15. The van der Waals surface area contributed by atoms with Crippen LogP contribution in [0.4, 0.5) is 0 Å². The zero-order valence-corrected chi connectivity index (χ0v) is 12.2. The van der Waals surface area contributed by atoms with Gasteiger partial charge in [-0.3, -0.25) is 15.5 Å². The minimum atomic E-state index is -3.77. The number of sulfonamides is 1. The highest BCUT2D eigenvalue weighted by molar-refractivity contribution is 7.89. The van der Waals surface area contributed by atoms with Gasteiger partial charge in [0.25, 0.3) is 15.9 Å². The van der Waals surface area contributed by atoms with Crippen molar-refractivity contribution < 1.29 is 17.6 Å². The Morgan fingerprint density at radius 1 is 1.10 bits per heavy atom. The maximum Gasteiger partial charge on any atom is 0.293 e. The van der Waals surface area contributed by atoms with E-state index in [2.05, 4.69) is 15.6 Å². The number of carbonyl (C=O) groups is 1. The van der Waals surface area contributed by atoms with Gasteiger partial charge in [-0.05, 0) is 36.5 Å². The normalized spacial score (nSPS) is 10.9. The summed E-state index contributed by atoms with van der Waals surface area (Å²) in [7, 11) is -3.77. The molecule has 7 nitrogen and oxygen atoms in total. The van der Waals surface area contributed by atoms with Gasteiger partial charge in [-0.2, -0.15) is 0 Å². The summed E-state index contributed by atoms with van der Waals surface area (Å²) in [5, 5.41) is 2.07. The highest BCUT2D eigenvalue weighted by Crippen LogP contribution is 2.05. The molecule has 0 saturated carbocycles. The summed E-state index contributed by atoms with van der Waals surface area (Å²) in [4.78, 5) is 13.7. The number of thiocarbonyl (C=S) groups is 1. The largest absolute Gasteiger partial charge is 0.459 e. The summed E-state index contributed by atoms with van der Waals surface area (Å²) < 4.78 is 28.6. The Balaban J connectivity index is 1.91. The second-order valence-corrected chi connectivity index (χ2v) is 5.89. The van der Waals surface area contributed by atoms with Crippen LogP contribution in [-0.4, -0.2) is 19.4 Å². The van der Waals surface area contributed by atoms with Gasteiger partial charge < -0.3 is 4.42 Å². The average Bonchev–Trinajstić information content (AvgIpc) is 3.00. The van der Waals surface area contributed by atoms with E-state index < -0.39 is 15.9 Å². The third kappa shape index (κ3) is 4.12. The Morgan fingerprint density at radius 3 is 2.43 bits per heavy atom. The van der Waals surface area contributed by atoms with Crippen molar-refractivity contribution >= 4 is 33.3 Å². The molecule has 0 aliphatic heterocycles. The third-order valence-electron chi connectivity index (χ3n) is 2.32. The Hall–Kier alpha value is -2.23. The van der Waals surface area contributed by atoms with Gasteiger partial charge in [0.2, 0.25) is 0 Å². The van der Waals surface area contributed by atoms with Gasteiger partial charge in [0.05, 0.1) is 11.2 Å². The van der Waals surface area contributed by atoms with E-state index in [0.29, 0.717) is 0 Å². The number of rotatable bonds is 4. The predicted octanol–water partition coefficient (Wildman–Crippen LogP) is 0.777. The van der Waals surface area contributed by atoms with Crippen molar-refractivity contribution in [2.24, 2.45) is 0 Å². The van der Waals surface area contributed by atoms with E-state index >= 15 is 0 Å². The first-order valence-electron chi connectivity index (χ1n) is 5.71. The molecule has 0 aliphatic carbocycles. The smallest absolute Gasteiger partial charge is 0.293 e. The van der Waals surface area contributed by atoms with Crippen LogP contribution in [0.25, 0.3) is 0 Å². The van der Waals surface area contributed by atoms with Gasteiger partial charge in [0, 0.05) is 0 Å². The average molecular weight is 325 g/mol. The molecule has 1 aromatic heterocycles. The van der Waals surface area contributed by atoms with E-state index in [9.17, 15) is 13.2 Å². The van der Waals surface area contributed by atoms with Crippen molar-refractivity contribution in [2.45, 2.75) is 4.90 Å². The molecular formula is C12H11N3O4S2. The molecule has 0 atom stereocenters. The summed E-state index contributed by atoms with van der Waals surface area (Å²) in [5.41, 5.74) is 2.23. The standard InChI is InChI=1S/C12H11N3O4S2/c16-11(10-7-4-8-19-10)13-12(20)14-15-21(17,18)9-5-2-1-3-6-9/h1-8,15H,(H2,13,14,16,20). The summed E-state index contributed by atoms with van der Waals surface area (Å²) >= 11 is 4.81. The van der Waals surface area contributed by atoms with Crippen LogP contribution in [0.2, 0.25) is 0 Å². The number of hydrogen-bond donors (Lipinski definition) is 3. The van der Waals surface area contributed by atoms with Crippen molar-refractivity contribution in [3.05, 3.63) is 54.5 Å². The Morgan fingerprint density at radius 2 is 1.81 bits per heavy atom. The van der Waals surface area contributed by atoms with Crippen molar-refractivity contribution in [2.75, 3.05) is 0 Å². The zero-order chi connectivity index (χ0) is 15.3. The highest BCUT2D eigenvalue weighted by atomic mass is 32.2. The number of hydrazine groups is 1. The summed E-state index contributed by atoms with van der Waals surface area (Å²) in [6, 6.07) is 10.7. The maximum absolute atomic E-state index is 11.9. The topological polar surface area (TPSA) is 100 Å². The van der Waals surface area contributed by atoms with Gasteiger partial charge in [-0.1, -0.05) is 18.2 Å². The fourth-order valence-electron chi connectivity index (χ4n) is 1.38. The molecule has 3 N–H and O–H groups in total. The van der Waals surface area contributed by atoms with Crippen molar-refractivity contribution in [3.8, 4) is 0 Å². The molecule has 21 heavy (non-hydrogen) atoms. The number of hydrogen-bond acceptors (Lipinski definition) is 5. The van der Waals surface area contributed by atoms with Gasteiger partial charge in [-0.15, -0.1) is 4.83 Å². The Bertz CT molecular complexity index is 727. The van der Waals surface area contributed by atoms with Crippen LogP contribution in [0.5, 0.6) is 0 Å². The van der Waals surface area contributed by atoms with Crippen LogP contribution in [0.3, 0.4) is 0 Å². The molecular weight excluding hydrogens is 314 g/mol. The van der Waals surface area contributed by atoms with E-state index in [-0.39, 0.29) is 15.8 Å². The predicted molar refractivity (Wildman–Crippen MR) is 78.7 cm³/mol. The molecule has 1 aromatic carbocycles. The Kier molecular flexibility index (Phi) is 4.68. The molecule has 0 fully saturated rings. The lowest BCUT2D eigenvalue weighted by atomic mass is 10.4. The molecule has 0 unspecified atom stereocenters. The SMILES string of the molecule is O=C(NC(=S)NNS(=O)(=O)c1ccccc1)c1ccco1. The van der Waals surface area contributed by atoms with E-state index in [4.69, 9.17) is 16.6 Å². The van der Waals surface area contributed by atoms with Gasteiger partial charge >= 0.3 is 0 Å². The molecule has 0 aliphatic rings. The summed E-state index contributed by atoms with van der Waals surface area (Å²) in [6.07, 6.45) is 1.34. The minimum absolute atomic E-state index is 0.0602. The lowest BCUT2D eigenvalue weighted by Crippen LogP contribution is -2.48. The van der Waals surface area contributed by atoms with E-state index in [1.807, 2.05) is 0 Å². The van der Waals surface area contributed by atoms with Crippen molar-refractivity contribution in [1.29, 1.82) is 0 Å².